The molecule has 1 aliphatic rings. The lowest BCUT2D eigenvalue weighted by Crippen LogP contribution is -2.22. The molecule has 3 aromatic rings. The van der Waals surface area contributed by atoms with Crippen molar-refractivity contribution in [3.63, 3.8) is 0 Å². The Kier molecular flexibility index (Phi) is 4.56. The van der Waals surface area contributed by atoms with Gasteiger partial charge in [-0.1, -0.05) is 30.3 Å². The molecule has 140 valence electrons. The van der Waals surface area contributed by atoms with Crippen molar-refractivity contribution in [2.45, 2.75) is 0 Å². The summed E-state index contributed by atoms with van der Waals surface area (Å²) in [6.07, 6.45) is 1.55. The summed E-state index contributed by atoms with van der Waals surface area (Å²) >= 11 is 0.820. The van der Waals surface area contributed by atoms with Gasteiger partial charge in [-0.05, 0) is 29.5 Å². The van der Waals surface area contributed by atoms with Crippen LogP contribution in [-0.2, 0) is 4.79 Å². The average molecular weight is 397 g/mol. The molecule has 0 unspecified atom stereocenters. The second-order valence-corrected chi connectivity index (χ2v) is 7.07. The number of aromatic amines is 1. The molecule has 0 spiro atoms. The maximum atomic E-state index is 13.7. The molecule has 2 amide bonds. The molecule has 5 nitrogen and oxygen atoms in total. The van der Waals surface area contributed by atoms with Gasteiger partial charge in [0.25, 0.3) is 11.1 Å². The van der Waals surface area contributed by atoms with Gasteiger partial charge in [-0.15, -0.1) is 0 Å². The highest BCUT2D eigenvalue weighted by Crippen LogP contribution is 2.41. The van der Waals surface area contributed by atoms with Gasteiger partial charge >= 0.3 is 0 Å². The van der Waals surface area contributed by atoms with Gasteiger partial charge in [0.1, 0.15) is 17.3 Å². The maximum absolute atomic E-state index is 13.7. The Morgan fingerprint density at radius 2 is 1.75 bits per heavy atom. The Balaban J connectivity index is 1.97. The Hall–Kier alpha value is -3.26. The first kappa shape index (κ1) is 18.1. The van der Waals surface area contributed by atoms with Gasteiger partial charge < -0.3 is 0 Å². The summed E-state index contributed by atoms with van der Waals surface area (Å²) in [6.45, 7) is 0. The number of halogens is 2. The molecule has 0 bridgehead atoms. The lowest BCUT2D eigenvalue weighted by Gasteiger charge is -2.11. The van der Waals surface area contributed by atoms with Crippen LogP contribution in [0.25, 0.3) is 16.8 Å². The number of hydrogen-bond donors (Lipinski definition) is 1. The number of carbonyl (C=O) groups excluding carboxylic acids is 2. The Labute approximate surface area is 163 Å². The van der Waals surface area contributed by atoms with E-state index in [1.165, 1.54) is 7.05 Å². The number of hydrogen-bond acceptors (Lipinski definition) is 4. The molecule has 0 radical (unpaired) electrons. The molecular formula is C20H13F2N3O2S. The number of H-pyrrole nitrogens is 1. The molecule has 2 aromatic carbocycles. The normalized spacial score (nSPS) is 16.0. The van der Waals surface area contributed by atoms with Crippen LogP contribution in [-0.4, -0.2) is 33.3 Å². The van der Waals surface area contributed by atoms with Crippen LogP contribution in [0.5, 0.6) is 0 Å². The zero-order valence-corrected chi connectivity index (χ0v) is 15.4. The molecule has 0 saturated carbocycles. The van der Waals surface area contributed by atoms with Crippen LogP contribution in [0, 0.1) is 11.6 Å². The van der Waals surface area contributed by atoms with Gasteiger partial charge in [-0.2, -0.15) is 5.10 Å². The number of thioether (sulfide) groups is 1. The maximum Gasteiger partial charge on any atom is 0.293 e. The summed E-state index contributed by atoms with van der Waals surface area (Å²) in [5.41, 5.74) is 2.12. The van der Waals surface area contributed by atoms with E-state index in [4.69, 9.17) is 0 Å². The van der Waals surface area contributed by atoms with Gasteiger partial charge in [0.15, 0.2) is 0 Å². The van der Waals surface area contributed by atoms with Crippen LogP contribution in [0.2, 0.25) is 0 Å². The van der Waals surface area contributed by atoms with Crippen molar-refractivity contribution < 1.29 is 18.4 Å². The minimum Gasteiger partial charge on any atom is -0.284 e. The number of rotatable bonds is 3. The van der Waals surface area contributed by atoms with E-state index in [1.807, 2.05) is 6.07 Å². The van der Waals surface area contributed by atoms with E-state index in [2.05, 4.69) is 10.2 Å². The first-order chi connectivity index (χ1) is 13.5. The third kappa shape index (κ3) is 3.11. The fourth-order valence-corrected chi connectivity index (χ4v) is 3.95. The summed E-state index contributed by atoms with van der Waals surface area (Å²) in [5.74, 6) is -1.91. The van der Waals surface area contributed by atoms with E-state index in [-0.39, 0.29) is 16.2 Å². The molecule has 4 rings (SSSR count). The number of nitrogens with zero attached hydrogens (tertiary/aromatic N) is 2. The topological polar surface area (TPSA) is 66.1 Å². The molecule has 2 heterocycles. The minimum atomic E-state index is -0.737. The first-order valence-electron chi connectivity index (χ1n) is 8.26. The summed E-state index contributed by atoms with van der Waals surface area (Å²) in [4.78, 5) is 26.0. The van der Waals surface area contributed by atoms with Gasteiger partial charge in [-0.25, -0.2) is 8.78 Å². The third-order valence-electron chi connectivity index (χ3n) is 4.30. The first-order valence-corrected chi connectivity index (χ1v) is 9.07. The molecular weight excluding hydrogens is 384 g/mol. The fraction of sp³-hybridized carbons (Fsp3) is 0.0500. The number of imide groups is 1. The number of nitrogens with one attached hydrogen (secondary N) is 1. The lowest BCUT2D eigenvalue weighted by atomic mass is 9.95. The van der Waals surface area contributed by atoms with Crippen LogP contribution in [0.1, 0.15) is 11.1 Å². The Morgan fingerprint density at radius 3 is 2.36 bits per heavy atom. The van der Waals surface area contributed by atoms with Gasteiger partial charge in [0.2, 0.25) is 0 Å². The molecule has 0 atom stereocenters. The Morgan fingerprint density at radius 1 is 1.07 bits per heavy atom. The number of likely N-dealkylation sites (N-methyl/N-ethyl adjacent to an activating group) is 1. The van der Waals surface area contributed by atoms with Crippen molar-refractivity contribution in [1.82, 2.24) is 15.1 Å². The van der Waals surface area contributed by atoms with Crippen LogP contribution in [0.3, 0.4) is 0 Å². The van der Waals surface area contributed by atoms with Crippen LogP contribution >= 0.6 is 11.8 Å². The summed E-state index contributed by atoms with van der Waals surface area (Å²) < 4.78 is 27.5. The van der Waals surface area contributed by atoms with Crippen molar-refractivity contribution in [3.05, 3.63) is 82.4 Å². The van der Waals surface area contributed by atoms with Gasteiger partial charge in [0, 0.05) is 36.0 Å². The lowest BCUT2D eigenvalue weighted by molar-refractivity contribution is -0.121. The van der Waals surface area contributed by atoms with E-state index >= 15 is 0 Å². The highest BCUT2D eigenvalue weighted by Gasteiger charge is 2.36. The molecule has 1 aromatic heterocycles. The predicted octanol–water partition coefficient (Wildman–Crippen LogP) is 4.44. The second kappa shape index (κ2) is 7.05. The molecule has 1 saturated heterocycles. The molecule has 1 aliphatic heterocycles. The van der Waals surface area contributed by atoms with E-state index in [0.717, 1.165) is 34.9 Å². The van der Waals surface area contributed by atoms with Gasteiger partial charge in [-0.3, -0.25) is 19.6 Å². The number of benzene rings is 2. The van der Waals surface area contributed by atoms with E-state index < -0.39 is 22.8 Å². The average Bonchev–Trinajstić information content (AvgIpc) is 3.24. The van der Waals surface area contributed by atoms with Gasteiger partial charge in [0.05, 0.1) is 4.91 Å². The zero-order chi connectivity index (χ0) is 19.8. The van der Waals surface area contributed by atoms with E-state index in [9.17, 15) is 18.4 Å². The molecule has 1 fully saturated rings. The minimum absolute atomic E-state index is 0.220. The summed E-state index contributed by atoms with van der Waals surface area (Å²) in [5, 5.41) is 6.44. The van der Waals surface area contributed by atoms with Crippen molar-refractivity contribution in [2.24, 2.45) is 0 Å². The fourth-order valence-electron chi connectivity index (χ4n) is 3.00. The second-order valence-electron chi connectivity index (χ2n) is 6.11. The number of carbonyl (C=O) groups is 2. The third-order valence-corrected chi connectivity index (χ3v) is 5.33. The van der Waals surface area contributed by atoms with Crippen molar-refractivity contribution in [2.75, 3.05) is 7.05 Å². The zero-order valence-electron chi connectivity index (χ0n) is 14.6. The molecule has 1 N–H and O–H groups in total. The number of amides is 2. The quantitative estimate of drug-likeness (QED) is 0.664. The van der Waals surface area contributed by atoms with Crippen LogP contribution < -0.4 is 0 Å². The van der Waals surface area contributed by atoms with Crippen molar-refractivity contribution in [1.29, 1.82) is 0 Å². The van der Waals surface area contributed by atoms with Crippen LogP contribution in [0.4, 0.5) is 13.6 Å². The molecule has 8 heteroatoms. The van der Waals surface area contributed by atoms with E-state index in [1.54, 1.807) is 30.5 Å². The standard InChI is InChI=1S/C20H13F2N3O2S/c1-25-19(26)18(28-20(25)27)16(11-5-3-2-4-6-11)15-10-23-24-17(15)12-7-13(21)9-14(22)8-12/h2-10H,1H3,(H,23,24). The summed E-state index contributed by atoms with van der Waals surface area (Å²) in [7, 11) is 1.41. The van der Waals surface area contributed by atoms with Crippen LogP contribution in [0.15, 0.2) is 59.6 Å². The largest absolute Gasteiger partial charge is 0.293 e. The van der Waals surface area contributed by atoms with Crippen molar-refractivity contribution >= 4 is 28.5 Å². The van der Waals surface area contributed by atoms with E-state index in [0.29, 0.717) is 16.7 Å². The monoisotopic (exact) mass is 397 g/mol. The number of aromatic nitrogens is 2. The predicted molar refractivity (Wildman–Crippen MR) is 102 cm³/mol. The molecule has 0 aliphatic carbocycles. The highest BCUT2D eigenvalue weighted by atomic mass is 32.2. The van der Waals surface area contributed by atoms with Crippen molar-refractivity contribution in [3.8, 4) is 11.3 Å². The highest BCUT2D eigenvalue weighted by molar-refractivity contribution is 8.18. The Bertz CT molecular complexity index is 1110. The SMILES string of the molecule is CN1C(=O)SC(=C(c2ccccc2)c2c[nH]nc2-c2cc(F)cc(F)c2)C1=O. The summed E-state index contributed by atoms with van der Waals surface area (Å²) in [6, 6.07) is 12.1. The molecule has 28 heavy (non-hydrogen) atoms. The smallest absolute Gasteiger partial charge is 0.284 e.